The standard InChI is InChI=1S/C11H16N4S/c12-8-9-10(14-4-2-1-3-5-14)13-11-15(9)6-7-16-11/h6-7H,1-5,8,12H2. The van der Waals surface area contributed by atoms with E-state index in [0.29, 0.717) is 6.54 Å². The molecule has 2 N–H and O–H groups in total. The van der Waals surface area contributed by atoms with Crippen molar-refractivity contribution in [2.24, 2.45) is 5.73 Å². The molecule has 3 rings (SSSR count). The topological polar surface area (TPSA) is 46.6 Å². The Bertz CT molecular complexity index is 481. The highest BCUT2D eigenvalue weighted by molar-refractivity contribution is 7.15. The zero-order valence-corrected chi connectivity index (χ0v) is 10.0. The van der Waals surface area contributed by atoms with E-state index in [2.05, 4.69) is 20.9 Å². The second kappa shape index (κ2) is 4.07. The summed E-state index contributed by atoms with van der Waals surface area (Å²) in [6.07, 6.45) is 5.95. The predicted molar refractivity (Wildman–Crippen MR) is 67.0 cm³/mol. The van der Waals surface area contributed by atoms with E-state index >= 15 is 0 Å². The van der Waals surface area contributed by atoms with Crippen LogP contribution >= 0.6 is 11.3 Å². The lowest BCUT2D eigenvalue weighted by Crippen LogP contribution is -2.30. The third-order valence-electron chi connectivity index (χ3n) is 3.19. The van der Waals surface area contributed by atoms with Gasteiger partial charge in [0.05, 0.1) is 5.69 Å². The van der Waals surface area contributed by atoms with Crippen LogP contribution in [0.5, 0.6) is 0 Å². The first kappa shape index (κ1) is 10.1. The summed E-state index contributed by atoms with van der Waals surface area (Å²) in [7, 11) is 0. The minimum absolute atomic E-state index is 0.559. The van der Waals surface area contributed by atoms with E-state index in [1.165, 1.54) is 19.3 Å². The Kier molecular flexibility index (Phi) is 2.57. The van der Waals surface area contributed by atoms with Crippen molar-refractivity contribution in [2.75, 3.05) is 18.0 Å². The lowest BCUT2D eigenvalue weighted by Gasteiger charge is -2.27. The number of anilines is 1. The fourth-order valence-corrected chi connectivity index (χ4v) is 3.10. The van der Waals surface area contributed by atoms with Gasteiger partial charge in [-0.25, -0.2) is 4.98 Å². The van der Waals surface area contributed by atoms with Crippen LogP contribution in [-0.2, 0) is 6.54 Å². The monoisotopic (exact) mass is 236 g/mol. The van der Waals surface area contributed by atoms with E-state index in [-0.39, 0.29) is 0 Å². The van der Waals surface area contributed by atoms with E-state index < -0.39 is 0 Å². The van der Waals surface area contributed by atoms with Crippen molar-refractivity contribution in [1.29, 1.82) is 0 Å². The van der Waals surface area contributed by atoms with Gasteiger partial charge in [-0.05, 0) is 19.3 Å². The molecule has 2 aromatic heterocycles. The van der Waals surface area contributed by atoms with Gasteiger partial charge >= 0.3 is 0 Å². The number of imidazole rings is 1. The van der Waals surface area contributed by atoms with Crippen molar-refractivity contribution in [3.05, 3.63) is 17.3 Å². The third kappa shape index (κ3) is 1.51. The number of fused-ring (bicyclic) bond motifs is 1. The molecule has 5 heteroatoms. The molecular weight excluding hydrogens is 220 g/mol. The zero-order chi connectivity index (χ0) is 11.0. The number of nitrogens with two attached hydrogens (primary N) is 1. The number of rotatable bonds is 2. The average molecular weight is 236 g/mol. The van der Waals surface area contributed by atoms with Crippen molar-refractivity contribution >= 4 is 22.1 Å². The van der Waals surface area contributed by atoms with Crippen molar-refractivity contribution in [1.82, 2.24) is 9.38 Å². The van der Waals surface area contributed by atoms with Gasteiger partial charge in [-0.15, -0.1) is 11.3 Å². The largest absolute Gasteiger partial charge is 0.355 e. The summed E-state index contributed by atoms with van der Waals surface area (Å²) in [5.74, 6) is 1.11. The molecule has 0 radical (unpaired) electrons. The predicted octanol–water partition coefficient (Wildman–Crippen LogP) is 1.84. The molecule has 0 aromatic carbocycles. The van der Waals surface area contributed by atoms with Crippen LogP contribution in [0.3, 0.4) is 0 Å². The Balaban J connectivity index is 2.03. The van der Waals surface area contributed by atoms with Crippen LogP contribution in [0.2, 0.25) is 0 Å². The molecule has 1 aliphatic rings. The van der Waals surface area contributed by atoms with Crippen LogP contribution < -0.4 is 10.6 Å². The van der Waals surface area contributed by atoms with Crippen LogP contribution in [0.4, 0.5) is 5.82 Å². The van der Waals surface area contributed by atoms with Gasteiger partial charge in [-0.1, -0.05) is 0 Å². The minimum atomic E-state index is 0.559. The number of piperidine rings is 1. The van der Waals surface area contributed by atoms with E-state index in [9.17, 15) is 0 Å². The van der Waals surface area contributed by atoms with Gasteiger partial charge in [0, 0.05) is 31.2 Å². The molecular formula is C11H16N4S. The Morgan fingerprint density at radius 3 is 2.88 bits per heavy atom. The molecule has 0 amide bonds. The second-order valence-electron chi connectivity index (χ2n) is 4.19. The summed E-state index contributed by atoms with van der Waals surface area (Å²) in [5, 5.41) is 2.06. The number of thiazole rings is 1. The molecule has 1 saturated heterocycles. The molecule has 1 fully saturated rings. The normalized spacial score (nSPS) is 17.2. The maximum absolute atomic E-state index is 5.84. The van der Waals surface area contributed by atoms with Crippen molar-refractivity contribution < 1.29 is 0 Å². The van der Waals surface area contributed by atoms with E-state index in [1.807, 2.05) is 0 Å². The maximum atomic E-state index is 5.84. The second-order valence-corrected chi connectivity index (χ2v) is 5.06. The van der Waals surface area contributed by atoms with Crippen LogP contribution in [0.15, 0.2) is 11.6 Å². The highest BCUT2D eigenvalue weighted by Crippen LogP contribution is 2.26. The molecule has 3 heterocycles. The molecule has 0 aliphatic carbocycles. The smallest absolute Gasteiger partial charge is 0.195 e. The van der Waals surface area contributed by atoms with Crippen LogP contribution in [-0.4, -0.2) is 22.5 Å². The van der Waals surface area contributed by atoms with Crippen LogP contribution in [0, 0.1) is 0 Å². The Labute approximate surface area is 98.7 Å². The van der Waals surface area contributed by atoms with Gasteiger partial charge < -0.3 is 10.6 Å². The molecule has 0 atom stereocenters. The van der Waals surface area contributed by atoms with Gasteiger partial charge in [-0.2, -0.15) is 0 Å². The van der Waals surface area contributed by atoms with Crippen LogP contribution in [0.25, 0.3) is 4.96 Å². The van der Waals surface area contributed by atoms with E-state index in [0.717, 1.165) is 29.6 Å². The number of hydrogen-bond donors (Lipinski definition) is 1. The van der Waals surface area contributed by atoms with E-state index in [1.54, 1.807) is 11.3 Å². The van der Waals surface area contributed by atoms with E-state index in [4.69, 9.17) is 10.7 Å². The number of hydrogen-bond acceptors (Lipinski definition) is 4. The fraction of sp³-hybridized carbons (Fsp3) is 0.545. The van der Waals surface area contributed by atoms with Gasteiger partial charge in [0.2, 0.25) is 0 Å². The summed E-state index contributed by atoms with van der Waals surface area (Å²) < 4.78 is 2.12. The zero-order valence-electron chi connectivity index (χ0n) is 9.22. The summed E-state index contributed by atoms with van der Waals surface area (Å²) in [6.45, 7) is 2.80. The van der Waals surface area contributed by atoms with Crippen molar-refractivity contribution in [3.8, 4) is 0 Å². The molecule has 4 nitrogen and oxygen atoms in total. The summed E-state index contributed by atoms with van der Waals surface area (Å²) >= 11 is 1.67. The van der Waals surface area contributed by atoms with Gasteiger partial charge in [0.15, 0.2) is 10.8 Å². The van der Waals surface area contributed by atoms with Gasteiger partial charge in [-0.3, -0.25) is 4.40 Å². The Hall–Kier alpha value is -1.07. The highest BCUT2D eigenvalue weighted by atomic mass is 32.1. The summed E-state index contributed by atoms with van der Waals surface area (Å²) in [5.41, 5.74) is 7.00. The molecule has 0 unspecified atom stereocenters. The fourth-order valence-electron chi connectivity index (χ4n) is 2.37. The van der Waals surface area contributed by atoms with Crippen molar-refractivity contribution in [2.45, 2.75) is 25.8 Å². The minimum Gasteiger partial charge on any atom is -0.355 e. The number of nitrogens with zero attached hydrogens (tertiary/aromatic N) is 3. The Morgan fingerprint density at radius 1 is 1.31 bits per heavy atom. The SMILES string of the molecule is NCc1c(N2CCCCC2)nc2sccn12. The summed E-state index contributed by atoms with van der Waals surface area (Å²) in [6, 6.07) is 0. The first-order valence-corrected chi connectivity index (χ1v) is 6.67. The molecule has 0 saturated carbocycles. The molecule has 86 valence electrons. The van der Waals surface area contributed by atoms with Crippen LogP contribution in [0.1, 0.15) is 25.0 Å². The average Bonchev–Trinajstić information content (AvgIpc) is 2.89. The highest BCUT2D eigenvalue weighted by Gasteiger charge is 2.19. The summed E-state index contributed by atoms with van der Waals surface area (Å²) in [4.78, 5) is 8.13. The van der Waals surface area contributed by atoms with Gasteiger partial charge in [0.25, 0.3) is 0 Å². The number of aromatic nitrogens is 2. The first-order valence-electron chi connectivity index (χ1n) is 5.79. The quantitative estimate of drug-likeness (QED) is 0.865. The maximum Gasteiger partial charge on any atom is 0.195 e. The lowest BCUT2D eigenvalue weighted by molar-refractivity contribution is 0.572. The molecule has 2 aromatic rings. The third-order valence-corrected chi connectivity index (χ3v) is 3.95. The molecule has 0 bridgehead atoms. The first-order chi connectivity index (χ1) is 7.90. The molecule has 0 spiro atoms. The van der Waals surface area contributed by atoms with Gasteiger partial charge in [0.1, 0.15) is 0 Å². The lowest BCUT2D eigenvalue weighted by atomic mass is 10.1. The van der Waals surface area contributed by atoms with Crippen molar-refractivity contribution in [3.63, 3.8) is 0 Å². The Morgan fingerprint density at radius 2 is 2.12 bits per heavy atom. The molecule has 16 heavy (non-hydrogen) atoms. The molecule has 1 aliphatic heterocycles.